The molecule has 1 unspecified atom stereocenters. The van der Waals surface area contributed by atoms with Gasteiger partial charge >= 0.3 is 5.97 Å². The summed E-state index contributed by atoms with van der Waals surface area (Å²) in [6.45, 7) is 8.97. The third kappa shape index (κ3) is 3.81. The monoisotopic (exact) mass is 294 g/mol. The first-order valence-corrected chi connectivity index (χ1v) is 7.21. The van der Waals surface area contributed by atoms with Gasteiger partial charge in [-0.1, -0.05) is 0 Å². The molecule has 2 heterocycles. The number of rotatable bonds is 5. The molecule has 21 heavy (non-hydrogen) atoms. The minimum absolute atomic E-state index is 0.446. The van der Waals surface area contributed by atoms with Gasteiger partial charge in [0.05, 0.1) is 6.61 Å². The normalized spacial score (nSPS) is 17.6. The molecule has 1 saturated heterocycles. The van der Waals surface area contributed by atoms with Crippen molar-refractivity contribution in [1.82, 2.24) is 14.9 Å². The van der Waals surface area contributed by atoms with Crippen LogP contribution in [0.3, 0.4) is 0 Å². The first-order valence-electron chi connectivity index (χ1n) is 7.21. The molecule has 1 aliphatic rings. The molecule has 1 fully saturated rings. The molecule has 7 nitrogen and oxygen atoms in total. The van der Waals surface area contributed by atoms with E-state index in [-0.39, 0.29) is 0 Å². The van der Waals surface area contributed by atoms with Crippen LogP contribution in [-0.2, 0) is 4.79 Å². The number of aryl methyl sites for hydroxylation is 1. The van der Waals surface area contributed by atoms with E-state index in [0.717, 1.165) is 18.9 Å². The van der Waals surface area contributed by atoms with Gasteiger partial charge in [0, 0.05) is 32.2 Å². The zero-order valence-corrected chi connectivity index (χ0v) is 12.7. The summed E-state index contributed by atoms with van der Waals surface area (Å²) >= 11 is 0. The second kappa shape index (κ2) is 6.71. The molecule has 1 N–H and O–H groups in total. The average Bonchev–Trinajstić information content (AvgIpc) is 2.46. The molecule has 0 radical (unpaired) electrons. The van der Waals surface area contributed by atoms with Gasteiger partial charge in [0.25, 0.3) is 0 Å². The number of carbonyl (C=O) groups is 1. The van der Waals surface area contributed by atoms with Crippen LogP contribution in [0.4, 0.5) is 5.82 Å². The van der Waals surface area contributed by atoms with Gasteiger partial charge in [0.2, 0.25) is 5.88 Å². The Morgan fingerprint density at radius 1 is 1.38 bits per heavy atom. The van der Waals surface area contributed by atoms with Crippen LogP contribution in [0.1, 0.15) is 19.7 Å². The molecular weight excluding hydrogens is 272 g/mol. The van der Waals surface area contributed by atoms with Crippen molar-refractivity contribution in [2.24, 2.45) is 0 Å². The minimum Gasteiger partial charge on any atom is -0.480 e. The van der Waals surface area contributed by atoms with Crippen molar-refractivity contribution >= 4 is 11.8 Å². The molecular formula is C14H22N4O3. The first kappa shape index (κ1) is 15.5. The molecule has 116 valence electrons. The molecule has 0 bridgehead atoms. The predicted molar refractivity (Wildman–Crippen MR) is 78.8 cm³/mol. The maximum Gasteiger partial charge on any atom is 0.320 e. The third-order valence-corrected chi connectivity index (χ3v) is 3.64. The summed E-state index contributed by atoms with van der Waals surface area (Å²) in [5.74, 6) is 1.33. The zero-order chi connectivity index (χ0) is 15.4. The highest BCUT2D eigenvalue weighted by molar-refractivity contribution is 5.72. The Balaban J connectivity index is 2.03. The lowest BCUT2D eigenvalue weighted by Gasteiger charge is -2.37. The van der Waals surface area contributed by atoms with Gasteiger partial charge in [0.15, 0.2) is 0 Å². The highest BCUT2D eigenvalue weighted by atomic mass is 16.5. The van der Waals surface area contributed by atoms with Crippen LogP contribution in [0.15, 0.2) is 6.07 Å². The van der Waals surface area contributed by atoms with Gasteiger partial charge < -0.3 is 14.7 Å². The van der Waals surface area contributed by atoms with Crippen LogP contribution >= 0.6 is 0 Å². The molecule has 1 aromatic heterocycles. The minimum atomic E-state index is -0.778. The zero-order valence-electron chi connectivity index (χ0n) is 12.7. The molecule has 2 rings (SSSR count). The van der Waals surface area contributed by atoms with E-state index in [1.165, 1.54) is 0 Å². The van der Waals surface area contributed by atoms with E-state index in [2.05, 4.69) is 14.9 Å². The van der Waals surface area contributed by atoms with E-state index in [9.17, 15) is 4.79 Å². The summed E-state index contributed by atoms with van der Waals surface area (Å²) in [5, 5.41) is 9.06. The third-order valence-electron chi connectivity index (χ3n) is 3.64. The van der Waals surface area contributed by atoms with Gasteiger partial charge in [-0.15, -0.1) is 0 Å². The lowest BCUT2D eigenvalue weighted by atomic mass is 10.2. The van der Waals surface area contributed by atoms with Crippen molar-refractivity contribution in [3.63, 3.8) is 0 Å². The Labute approximate surface area is 124 Å². The van der Waals surface area contributed by atoms with E-state index in [0.29, 0.717) is 31.4 Å². The predicted octanol–water partition coefficient (Wildman–Crippen LogP) is 0.779. The highest BCUT2D eigenvalue weighted by Gasteiger charge is 2.25. The van der Waals surface area contributed by atoms with Gasteiger partial charge in [-0.25, -0.2) is 4.98 Å². The molecule has 1 atom stereocenters. The number of ether oxygens (including phenoxy) is 1. The summed E-state index contributed by atoms with van der Waals surface area (Å²) in [5.41, 5.74) is 0. The summed E-state index contributed by atoms with van der Waals surface area (Å²) in [4.78, 5) is 23.8. The van der Waals surface area contributed by atoms with Gasteiger partial charge in [0.1, 0.15) is 17.7 Å². The van der Waals surface area contributed by atoms with Crippen LogP contribution in [-0.4, -0.2) is 64.8 Å². The molecule has 1 aliphatic heterocycles. The number of aromatic nitrogens is 2. The van der Waals surface area contributed by atoms with Crippen molar-refractivity contribution < 1.29 is 14.6 Å². The van der Waals surface area contributed by atoms with Crippen LogP contribution in [0.25, 0.3) is 0 Å². The number of carboxylic acids is 1. The van der Waals surface area contributed by atoms with Crippen molar-refractivity contribution in [2.75, 3.05) is 37.7 Å². The fourth-order valence-electron chi connectivity index (χ4n) is 2.40. The Morgan fingerprint density at radius 2 is 2.05 bits per heavy atom. The van der Waals surface area contributed by atoms with E-state index >= 15 is 0 Å². The first-order chi connectivity index (χ1) is 10.0. The maximum absolute atomic E-state index is 11.0. The number of piperazine rings is 1. The van der Waals surface area contributed by atoms with Gasteiger partial charge in [-0.2, -0.15) is 4.98 Å². The average molecular weight is 294 g/mol. The van der Waals surface area contributed by atoms with Gasteiger partial charge in [-0.3, -0.25) is 9.69 Å². The maximum atomic E-state index is 11.0. The summed E-state index contributed by atoms with van der Waals surface area (Å²) < 4.78 is 5.44. The largest absolute Gasteiger partial charge is 0.480 e. The topological polar surface area (TPSA) is 78.8 Å². The smallest absolute Gasteiger partial charge is 0.320 e. The van der Waals surface area contributed by atoms with Crippen molar-refractivity contribution in [3.05, 3.63) is 11.9 Å². The van der Waals surface area contributed by atoms with Gasteiger partial charge in [-0.05, 0) is 20.8 Å². The number of carboxylic acid groups (broad SMARTS) is 1. The lowest BCUT2D eigenvalue weighted by Crippen LogP contribution is -2.52. The van der Waals surface area contributed by atoms with E-state index < -0.39 is 12.0 Å². The Kier molecular flexibility index (Phi) is 4.95. The SMILES string of the molecule is CCOc1cc(N2CCN(C(C)C(=O)O)CC2)nc(C)n1. The molecule has 0 saturated carbocycles. The molecule has 7 heteroatoms. The fourth-order valence-corrected chi connectivity index (χ4v) is 2.40. The number of anilines is 1. The Morgan fingerprint density at radius 3 is 2.62 bits per heavy atom. The van der Waals surface area contributed by atoms with Crippen LogP contribution in [0, 0.1) is 6.92 Å². The number of hydrogen-bond acceptors (Lipinski definition) is 6. The van der Waals surface area contributed by atoms with Crippen molar-refractivity contribution in [3.8, 4) is 5.88 Å². The van der Waals surface area contributed by atoms with Crippen LogP contribution < -0.4 is 9.64 Å². The molecule has 0 aromatic carbocycles. The molecule has 0 spiro atoms. The Hall–Kier alpha value is -1.89. The second-order valence-corrected chi connectivity index (χ2v) is 5.08. The standard InChI is InChI=1S/C14H22N4O3/c1-4-21-13-9-12(15-11(3)16-13)18-7-5-17(6-8-18)10(2)14(19)20/h9-10H,4-8H2,1-3H3,(H,19,20). The lowest BCUT2D eigenvalue weighted by molar-refractivity contribution is -0.142. The quantitative estimate of drug-likeness (QED) is 0.859. The van der Waals surface area contributed by atoms with Crippen LogP contribution in [0.5, 0.6) is 5.88 Å². The summed E-state index contributed by atoms with van der Waals surface area (Å²) in [6.07, 6.45) is 0. The fraction of sp³-hybridized carbons (Fsp3) is 0.643. The molecule has 0 amide bonds. The van der Waals surface area contributed by atoms with E-state index in [4.69, 9.17) is 9.84 Å². The van der Waals surface area contributed by atoms with Crippen molar-refractivity contribution in [2.45, 2.75) is 26.8 Å². The molecule has 1 aromatic rings. The van der Waals surface area contributed by atoms with Crippen molar-refractivity contribution in [1.29, 1.82) is 0 Å². The highest BCUT2D eigenvalue weighted by Crippen LogP contribution is 2.19. The summed E-state index contributed by atoms with van der Waals surface area (Å²) in [6, 6.07) is 1.39. The van der Waals surface area contributed by atoms with Crippen LogP contribution in [0.2, 0.25) is 0 Å². The summed E-state index contributed by atoms with van der Waals surface area (Å²) in [7, 11) is 0. The Bertz CT molecular complexity index is 501. The molecule has 0 aliphatic carbocycles. The second-order valence-electron chi connectivity index (χ2n) is 5.08. The van der Waals surface area contributed by atoms with E-state index in [1.807, 2.05) is 24.8 Å². The number of hydrogen-bond donors (Lipinski definition) is 1. The number of aliphatic carboxylic acids is 1. The number of nitrogens with zero attached hydrogens (tertiary/aromatic N) is 4. The van der Waals surface area contributed by atoms with E-state index in [1.54, 1.807) is 6.92 Å².